The summed E-state index contributed by atoms with van der Waals surface area (Å²) in [4.78, 5) is 1.56. The van der Waals surface area contributed by atoms with E-state index in [-0.39, 0.29) is 0 Å². The van der Waals surface area contributed by atoms with Crippen molar-refractivity contribution in [3.63, 3.8) is 0 Å². The molecule has 1 rings (SSSR count). The molecule has 0 unspecified atom stereocenters. The zero-order chi connectivity index (χ0) is 5.82. The normalized spacial score (nSPS) is 19.4. The van der Waals surface area contributed by atoms with Crippen LogP contribution >= 0.6 is 0 Å². The fraction of sp³-hybridized carbons (Fsp3) is 0.600. The number of hydrogen-bond acceptors (Lipinski definition) is 2. The second kappa shape index (κ2) is 2.67. The first-order valence-electron chi connectivity index (χ1n) is 2.61. The molecule has 0 aromatic heterocycles. The maximum Gasteiger partial charge on any atom is 0.162 e. The highest BCUT2D eigenvalue weighted by atomic mass is 19.1. The van der Waals surface area contributed by atoms with Gasteiger partial charge in [-0.2, -0.15) is 0 Å². The Morgan fingerprint density at radius 3 is 3.00 bits per heavy atom. The summed E-state index contributed by atoms with van der Waals surface area (Å²) in [6.45, 7) is 1.09. The molecule has 0 saturated heterocycles. The second-order valence-electron chi connectivity index (χ2n) is 1.71. The molecular weight excluding hydrogens is 107 g/mol. The molecule has 0 aromatic rings. The van der Waals surface area contributed by atoms with Crippen molar-refractivity contribution in [1.29, 1.82) is 0 Å². The van der Waals surface area contributed by atoms with Crippen LogP contribution < -0.4 is 5.32 Å². The summed E-state index contributed by atoms with van der Waals surface area (Å²) >= 11 is 0. The van der Waals surface area contributed by atoms with Crippen LogP contribution in [0, 0.1) is 0 Å². The van der Waals surface area contributed by atoms with E-state index < -0.39 is 6.80 Å². The molecule has 1 aliphatic rings. The predicted octanol–water partition coefficient (Wildman–Crippen LogP) is 0.290. The number of nitrogens with one attached hydrogen (secondary N) is 1. The minimum atomic E-state index is -0.399. The molecule has 1 aliphatic heterocycles. The third kappa shape index (κ3) is 1.20. The number of nitrogens with zero attached hydrogens (tertiary/aromatic N) is 1. The molecule has 0 saturated carbocycles. The SMILES string of the molecule is FCN1C=CCNC1. The van der Waals surface area contributed by atoms with Crippen LogP contribution in [0.2, 0.25) is 0 Å². The number of rotatable bonds is 1. The third-order valence-electron chi connectivity index (χ3n) is 1.05. The standard InChI is InChI=1S/C5H9FN2/c6-4-8-3-1-2-7-5-8/h1,3,7H,2,4-5H2. The van der Waals surface area contributed by atoms with Crippen molar-refractivity contribution in [3.8, 4) is 0 Å². The van der Waals surface area contributed by atoms with Gasteiger partial charge in [-0.3, -0.25) is 5.32 Å². The van der Waals surface area contributed by atoms with E-state index in [2.05, 4.69) is 5.32 Å². The van der Waals surface area contributed by atoms with E-state index >= 15 is 0 Å². The van der Waals surface area contributed by atoms with Gasteiger partial charge < -0.3 is 4.90 Å². The number of halogens is 1. The Morgan fingerprint density at radius 1 is 1.75 bits per heavy atom. The van der Waals surface area contributed by atoms with Crippen molar-refractivity contribution in [1.82, 2.24) is 10.2 Å². The summed E-state index contributed by atoms with van der Waals surface area (Å²) in [6.07, 6.45) is 3.65. The first kappa shape index (κ1) is 5.56. The summed E-state index contributed by atoms with van der Waals surface area (Å²) in [6, 6.07) is 0. The first-order valence-corrected chi connectivity index (χ1v) is 2.61. The fourth-order valence-electron chi connectivity index (χ4n) is 0.628. The molecule has 0 radical (unpaired) electrons. The van der Waals surface area contributed by atoms with Crippen LogP contribution in [0.3, 0.4) is 0 Å². The van der Waals surface area contributed by atoms with Gasteiger partial charge in [0.2, 0.25) is 0 Å². The van der Waals surface area contributed by atoms with E-state index in [1.165, 1.54) is 0 Å². The van der Waals surface area contributed by atoms with Crippen LogP contribution in [0.5, 0.6) is 0 Å². The average molecular weight is 116 g/mol. The Hall–Kier alpha value is -0.570. The van der Waals surface area contributed by atoms with Crippen molar-refractivity contribution in [2.24, 2.45) is 0 Å². The molecule has 3 heteroatoms. The van der Waals surface area contributed by atoms with Gasteiger partial charge in [0.05, 0.1) is 6.67 Å². The lowest BCUT2D eigenvalue weighted by atomic mass is 10.5. The lowest BCUT2D eigenvalue weighted by Crippen LogP contribution is -2.33. The maximum absolute atomic E-state index is 11.7. The number of alkyl halides is 1. The summed E-state index contributed by atoms with van der Waals surface area (Å²) in [5.74, 6) is 0. The summed E-state index contributed by atoms with van der Waals surface area (Å²) < 4.78 is 11.7. The van der Waals surface area contributed by atoms with Gasteiger partial charge in [-0.25, -0.2) is 4.39 Å². The van der Waals surface area contributed by atoms with E-state index in [0.29, 0.717) is 6.67 Å². The largest absolute Gasteiger partial charge is 0.338 e. The molecule has 0 amide bonds. The summed E-state index contributed by atoms with van der Waals surface area (Å²) in [7, 11) is 0. The molecular formula is C5H9FN2. The van der Waals surface area contributed by atoms with Gasteiger partial charge in [0.25, 0.3) is 0 Å². The molecule has 0 fully saturated rings. The second-order valence-corrected chi connectivity index (χ2v) is 1.71. The van der Waals surface area contributed by atoms with Crippen molar-refractivity contribution in [2.45, 2.75) is 0 Å². The fourth-order valence-corrected chi connectivity index (χ4v) is 0.628. The Bertz CT molecular complexity index is 92.4. The molecule has 0 aromatic carbocycles. The lowest BCUT2D eigenvalue weighted by molar-refractivity contribution is 0.231. The van der Waals surface area contributed by atoms with E-state index in [1.807, 2.05) is 6.08 Å². The minimum absolute atomic E-state index is 0.399. The molecule has 1 N–H and O–H groups in total. The molecule has 0 atom stereocenters. The van der Waals surface area contributed by atoms with Crippen molar-refractivity contribution in [3.05, 3.63) is 12.3 Å². The van der Waals surface area contributed by atoms with Crippen LogP contribution in [0.15, 0.2) is 12.3 Å². The number of hydrogen-bond donors (Lipinski definition) is 1. The third-order valence-corrected chi connectivity index (χ3v) is 1.05. The molecule has 46 valence electrons. The quantitative estimate of drug-likeness (QED) is 0.495. The molecule has 2 nitrogen and oxygen atoms in total. The van der Waals surface area contributed by atoms with E-state index in [9.17, 15) is 4.39 Å². The highest BCUT2D eigenvalue weighted by Gasteiger charge is 1.98. The van der Waals surface area contributed by atoms with Crippen LogP contribution in [0.4, 0.5) is 4.39 Å². The van der Waals surface area contributed by atoms with Gasteiger partial charge >= 0.3 is 0 Å². The van der Waals surface area contributed by atoms with Crippen molar-refractivity contribution in [2.75, 3.05) is 20.0 Å². The predicted molar refractivity (Wildman–Crippen MR) is 29.8 cm³/mol. The van der Waals surface area contributed by atoms with Crippen LogP contribution in [0.1, 0.15) is 0 Å². The molecule has 0 spiro atoms. The highest BCUT2D eigenvalue weighted by Crippen LogP contribution is 1.91. The zero-order valence-electron chi connectivity index (χ0n) is 4.60. The Labute approximate surface area is 48.0 Å². The van der Waals surface area contributed by atoms with Gasteiger partial charge in [-0.05, 0) is 0 Å². The summed E-state index contributed by atoms with van der Waals surface area (Å²) in [5.41, 5.74) is 0. The van der Waals surface area contributed by atoms with Crippen LogP contribution in [-0.2, 0) is 0 Å². The van der Waals surface area contributed by atoms with E-state index in [1.54, 1.807) is 11.1 Å². The molecule has 0 bridgehead atoms. The van der Waals surface area contributed by atoms with Gasteiger partial charge in [-0.15, -0.1) is 0 Å². The van der Waals surface area contributed by atoms with Gasteiger partial charge in [0, 0.05) is 12.7 Å². The van der Waals surface area contributed by atoms with Crippen molar-refractivity contribution >= 4 is 0 Å². The zero-order valence-corrected chi connectivity index (χ0v) is 4.60. The van der Waals surface area contributed by atoms with E-state index in [4.69, 9.17) is 0 Å². The van der Waals surface area contributed by atoms with Gasteiger partial charge in [0.1, 0.15) is 0 Å². The summed E-state index contributed by atoms with van der Waals surface area (Å²) in [5, 5.41) is 2.98. The Balaban J connectivity index is 2.32. The average Bonchev–Trinajstić information content (AvgIpc) is 1.90. The highest BCUT2D eigenvalue weighted by molar-refractivity contribution is 4.87. The van der Waals surface area contributed by atoms with Crippen LogP contribution in [0.25, 0.3) is 0 Å². The smallest absolute Gasteiger partial charge is 0.162 e. The first-order chi connectivity index (χ1) is 3.93. The maximum atomic E-state index is 11.7. The van der Waals surface area contributed by atoms with E-state index in [0.717, 1.165) is 6.54 Å². The van der Waals surface area contributed by atoms with Crippen LogP contribution in [-0.4, -0.2) is 24.9 Å². The lowest BCUT2D eigenvalue weighted by Gasteiger charge is -2.19. The van der Waals surface area contributed by atoms with Crippen molar-refractivity contribution < 1.29 is 4.39 Å². The molecule has 1 heterocycles. The van der Waals surface area contributed by atoms with Gasteiger partial charge in [0.15, 0.2) is 6.80 Å². The Morgan fingerprint density at radius 2 is 2.62 bits per heavy atom. The van der Waals surface area contributed by atoms with Gasteiger partial charge in [-0.1, -0.05) is 6.08 Å². The minimum Gasteiger partial charge on any atom is -0.338 e. The monoisotopic (exact) mass is 116 g/mol. The Kier molecular flexibility index (Phi) is 1.86. The molecule has 0 aliphatic carbocycles. The molecule has 8 heavy (non-hydrogen) atoms. The topological polar surface area (TPSA) is 15.3 Å².